The molecule has 1 aliphatic heterocycles. The van der Waals surface area contributed by atoms with Gasteiger partial charge in [0.2, 0.25) is 0 Å². The number of rotatable bonds is 7. The average Bonchev–Trinajstić information content (AvgIpc) is 3.25. The van der Waals surface area contributed by atoms with Crippen LogP contribution < -0.4 is 0 Å². The number of nitrogens with zero attached hydrogens (tertiary/aromatic N) is 2. The van der Waals surface area contributed by atoms with Crippen molar-refractivity contribution in [2.75, 3.05) is 38.6 Å². The van der Waals surface area contributed by atoms with E-state index in [9.17, 15) is 18.5 Å². The van der Waals surface area contributed by atoms with Gasteiger partial charge in [0, 0.05) is 26.1 Å². The zero-order valence-corrected chi connectivity index (χ0v) is 24.0. The highest BCUT2D eigenvalue weighted by molar-refractivity contribution is 7.85. The van der Waals surface area contributed by atoms with E-state index < -0.39 is 26.7 Å². The third-order valence-corrected chi connectivity index (χ3v) is 10.4. The third-order valence-electron chi connectivity index (χ3n) is 9.58. The van der Waals surface area contributed by atoms with Gasteiger partial charge in [0.15, 0.2) is 0 Å². The number of ether oxygens (including phenoxy) is 1. The van der Waals surface area contributed by atoms with Crippen LogP contribution in [-0.2, 0) is 25.1 Å². The van der Waals surface area contributed by atoms with Crippen LogP contribution in [0.15, 0.2) is 60.7 Å². The second-order valence-electron chi connectivity index (χ2n) is 11.9. The van der Waals surface area contributed by atoms with Gasteiger partial charge in [-0.05, 0) is 41.2 Å². The molecule has 0 spiro atoms. The summed E-state index contributed by atoms with van der Waals surface area (Å²) in [5.41, 5.74) is 0.380. The van der Waals surface area contributed by atoms with E-state index in [0.29, 0.717) is 12.8 Å². The molecule has 0 amide bonds. The molecule has 8 heteroatoms. The highest BCUT2D eigenvalue weighted by Crippen LogP contribution is 2.64. The summed E-state index contributed by atoms with van der Waals surface area (Å²) in [5.74, 6) is 0.0704. The predicted octanol–water partition coefficient (Wildman–Crippen LogP) is 4.73. The van der Waals surface area contributed by atoms with Crippen LogP contribution in [0.4, 0.5) is 0 Å². The fourth-order valence-corrected chi connectivity index (χ4v) is 8.40. The maximum atomic E-state index is 11.9. The monoisotopic (exact) mass is 552 g/mol. The molecule has 3 atom stereocenters. The van der Waals surface area contributed by atoms with Gasteiger partial charge in [-0.25, -0.2) is 0 Å². The number of benzene rings is 2. The van der Waals surface area contributed by atoms with Crippen LogP contribution in [0.25, 0.3) is 0 Å². The third kappa shape index (κ3) is 5.69. The maximum absolute atomic E-state index is 11.9. The number of hydrogen-bond donors (Lipinski definition) is 1. The van der Waals surface area contributed by atoms with Crippen molar-refractivity contribution in [2.45, 2.75) is 45.4 Å². The lowest BCUT2D eigenvalue weighted by molar-refractivity contribution is -0.128. The molecule has 2 bridgehead atoms. The van der Waals surface area contributed by atoms with E-state index in [0.717, 1.165) is 50.4 Å². The van der Waals surface area contributed by atoms with Crippen molar-refractivity contribution < 1.29 is 22.5 Å². The van der Waals surface area contributed by atoms with Crippen LogP contribution >= 0.6 is 0 Å². The van der Waals surface area contributed by atoms with Gasteiger partial charge < -0.3 is 4.74 Å². The molecule has 2 aromatic rings. The summed E-state index contributed by atoms with van der Waals surface area (Å²) >= 11 is 0. The second-order valence-corrected chi connectivity index (χ2v) is 13.3. The van der Waals surface area contributed by atoms with Crippen molar-refractivity contribution in [3.8, 4) is 6.07 Å². The smallest absolute Gasteiger partial charge is 0.265 e. The first-order chi connectivity index (χ1) is 18.5. The fourth-order valence-electron chi connectivity index (χ4n) is 7.10. The summed E-state index contributed by atoms with van der Waals surface area (Å²) in [6.45, 7) is 10.4. The molecule has 1 saturated heterocycles. The SMILES string of the molecule is CC1(C)[C@@H]2CC[C@]1(CS(=O)(=O)O)C(=O)C2.C[C@@H](CN1CCOCC1)C(C#N)(c1ccccc1)c1ccccc1. The average molecular weight is 553 g/mol. The lowest BCUT2D eigenvalue weighted by atomic mass is 9.67. The molecule has 210 valence electrons. The van der Waals surface area contributed by atoms with Crippen LogP contribution in [0, 0.1) is 34.0 Å². The van der Waals surface area contributed by atoms with E-state index in [-0.39, 0.29) is 23.0 Å². The van der Waals surface area contributed by atoms with Crippen LogP contribution in [-0.4, -0.2) is 62.3 Å². The Bertz CT molecular complexity index is 1240. The summed E-state index contributed by atoms with van der Waals surface area (Å²) in [6, 6.07) is 23.1. The Hall–Kier alpha value is -2.57. The van der Waals surface area contributed by atoms with Crippen molar-refractivity contribution in [2.24, 2.45) is 22.7 Å². The van der Waals surface area contributed by atoms with E-state index in [1.807, 2.05) is 50.2 Å². The molecule has 0 unspecified atom stereocenters. The molecule has 1 N–H and O–H groups in total. The predicted molar refractivity (Wildman–Crippen MR) is 151 cm³/mol. The van der Waals surface area contributed by atoms with Gasteiger partial charge in [-0.1, -0.05) is 81.4 Å². The first-order valence-corrected chi connectivity index (χ1v) is 15.4. The Balaban J connectivity index is 0.000000202. The molecule has 0 aromatic heterocycles. The van der Waals surface area contributed by atoms with Crippen LogP contribution in [0.2, 0.25) is 0 Å². The van der Waals surface area contributed by atoms with E-state index in [4.69, 9.17) is 9.29 Å². The second kappa shape index (κ2) is 11.5. The topological polar surface area (TPSA) is 108 Å². The summed E-state index contributed by atoms with van der Waals surface area (Å²) in [4.78, 5) is 14.3. The number of hydrogen-bond acceptors (Lipinski definition) is 6. The fraction of sp³-hybridized carbons (Fsp3) is 0.548. The Morgan fingerprint density at radius 1 is 1.08 bits per heavy atom. The summed E-state index contributed by atoms with van der Waals surface area (Å²) in [7, 11) is -4.08. The lowest BCUT2D eigenvalue weighted by Crippen LogP contribution is -2.45. The normalized spacial score (nSPS) is 25.4. The van der Waals surface area contributed by atoms with Crippen molar-refractivity contribution >= 4 is 15.9 Å². The summed E-state index contributed by atoms with van der Waals surface area (Å²) in [6.07, 6.45) is 1.97. The molecule has 1 heterocycles. The molecule has 39 heavy (non-hydrogen) atoms. The van der Waals surface area contributed by atoms with E-state index in [1.165, 1.54) is 0 Å². The maximum Gasteiger partial charge on any atom is 0.265 e. The highest BCUT2D eigenvalue weighted by Gasteiger charge is 2.65. The number of morpholine rings is 1. The first-order valence-electron chi connectivity index (χ1n) is 13.8. The van der Waals surface area contributed by atoms with Gasteiger partial charge in [-0.3, -0.25) is 14.2 Å². The van der Waals surface area contributed by atoms with Crippen molar-refractivity contribution in [3.05, 3.63) is 71.8 Å². The summed E-state index contributed by atoms with van der Waals surface area (Å²) < 4.78 is 36.4. The Morgan fingerprint density at radius 3 is 2.03 bits per heavy atom. The van der Waals surface area contributed by atoms with Gasteiger partial charge >= 0.3 is 0 Å². The largest absolute Gasteiger partial charge is 0.379 e. The van der Waals surface area contributed by atoms with E-state index in [2.05, 4.69) is 42.2 Å². The molecular weight excluding hydrogens is 512 g/mol. The highest BCUT2D eigenvalue weighted by atomic mass is 32.2. The number of fused-ring (bicyclic) bond motifs is 2. The molecule has 3 aliphatic rings. The van der Waals surface area contributed by atoms with Gasteiger partial charge in [-0.2, -0.15) is 13.7 Å². The lowest BCUT2D eigenvalue weighted by Gasteiger charge is -2.38. The standard InChI is InChI=1S/C21H24N2O.C10H16O4S/c1-18(16-23-12-14-24-15-13-23)21(17-22,19-8-4-2-5-9-19)20-10-6-3-7-11-20;1-9(2)7-3-4-10(9,8(11)5-7)6-15(12,13)14/h2-11,18H,12-16H2,1H3;7H,3-6H2,1-2H3,(H,12,13,14)/t18-;7-,10+/m01/s1. The quantitative estimate of drug-likeness (QED) is 0.495. The summed E-state index contributed by atoms with van der Waals surface area (Å²) in [5, 5.41) is 10.3. The van der Waals surface area contributed by atoms with Crippen LogP contribution in [0.5, 0.6) is 0 Å². The van der Waals surface area contributed by atoms with Crippen molar-refractivity contribution in [3.63, 3.8) is 0 Å². The van der Waals surface area contributed by atoms with Crippen LogP contribution in [0.1, 0.15) is 51.2 Å². The minimum absolute atomic E-state index is 0.0152. The van der Waals surface area contributed by atoms with Gasteiger partial charge in [0.1, 0.15) is 11.2 Å². The Morgan fingerprint density at radius 2 is 1.62 bits per heavy atom. The van der Waals surface area contributed by atoms with Crippen LogP contribution in [0.3, 0.4) is 0 Å². The van der Waals surface area contributed by atoms with Gasteiger partial charge in [-0.15, -0.1) is 0 Å². The Labute approximate surface area is 232 Å². The molecule has 2 aliphatic carbocycles. The molecule has 3 fully saturated rings. The van der Waals surface area contributed by atoms with E-state index >= 15 is 0 Å². The molecule has 2 aromatic carbocycles. The number of ketones is 1. The number of Topliss-reactive ketones (excluding diaryl/α,β-unsaturated/α-hetero) is 1. The molecule has 2 saturated carbocycles. The molecular formula is C31H40N2O5S. The van der Waals surface area contributed by atoms with Crippen molar-refractivity contribution in [1.82, 2.24) is 4.90 Å². The minimum Gasteiger partial charge on any atom is -0.379 e. The Kier molecular flexibility index (Phi) is 8.67. The van der Waals surface area contributed by atoms with Gasteiger partial charge in [0.05, 0.1) is 30.5 Å². The molecule has 7 nitrogen and oxygen atoms in total. The number of carbonyl (C=O) groups is 1. The zero-order chi connectivity index (χ0) is 28.3. The number of nitriles is 1. The van der Waals surface area contributed by atoms with Crippen molar-refractivity contribution in [1.29, 1.82) is 5.26 Å². The van der Waals surface area contributed by atoms with Gasteiger partial charge in [0.25, 0.3) is 10.1 Å². The van der Waals surface area contributed by atoms with E-state index in [1.54, 1.807) is 0 Å². The molecule has 0 radical (unpaired) electrons. The zero-order valence-electron chi connectivity index (χ0n) is 23.2. The number of carbonyl (C=O) groups excluding carboxylic acids is 1. The molecule has 5 rings (SSSR count). The first kappa shape index (κ1) is 29.4. The minimum atomic E-state index is -4.08.